The van der Waals surface area contributed by atoms with E-state index in [1.807, 2.05) is 27.0 Å². The lowest BCUT2D eigenvalue weighted by Gasteiger charge is -2.12. The molecule has 1 amide bonds. The van der Waals surface area contributed by atoms with Gasteiger partial charge >= 0.3 is 0 Å². The van der Waals surface area contributed by atoms with Crippen LogP contribution in [0.2, 0.25) is 0 Å². The first-order valence-corrected chi connectivity index (χ1v) is 7.36. The molecule has 3 heterocycles. The standard InChI is InChI=1S/C14H15BrN4O2/c1-8(2)19-13(4-5-16-19)17-14(20)10-6-11-9(18(10)3)7-12(15)21-11/h4-8H,1-3H3,(H,17,20). The zero-order valence-electron chi connectivity index (χ0n) is 11.9. The van der Waals surface area contributed by atoms with Gasteiger partial charge in [-0.2, -0.15) is 5.10 Å². The minimum atomic E-state index is -0.192. The number of aryl methyl sites for hydroxylation is 1. The van der Waals surface area contributed by atoms with E-state index in [1.165, 1.54) is 0 Å². The summed E-state index contributed by atoms with van der Waals surface area (Å²) in [5, 5.41) is 7.08. The van der Waals surface area contributed by atoms with Crippen LogP contribution >= 0.6 is 15.9 Å². The van der Waals surface area contributed by atoms with Crippen LogP contribution in [0.5, 0.6) is 0 Å². The van der Waals surface area contributed by atoms with Gasteiger partial charge in [0.15, 0.2) is 10.3 Å². The molecule has 0 aliphatic carbocycles. The Labute approximate surface area is 129 Å². The van der Waals surface area contributed by atoms with Gasteiger partial charge in [0.1, 0.15) is 11.5 Å². The largest absolute Gasteiger partial charge is 0.448 e. The molecule has 0 aliphatic heterocycles. The zero-order valence-corrected chi connectivity index (χ0v) is 13.5. The van der Waals surface area contributed by atoms with E-state index in [-0.39, 0.29) is 11.9 Å². The monoisotopic (exact) mass is 350 g/mol. The summed E-state index contributed by atoms with van der Waals surface area (Å²) in [4.78, 5) is 12.4. The molecular formula is C14H15BrN4O2. The molecule has 3 aromatic heterocycles. The summed E-state index contributed by atoms with van der Waals surface area (Å²) in [5.41, 5.74) is 2.07. The van der Waals surface area contributed by atoms with E-state index in [4.69, 9.17) is 4.42 Å². The maximum atomic E-state index is 12.4. The zero-order chi connectivity index (χ0) is 15.1. The summed E-state index contributed by atoms with van der Waals surface area (Å²) < 4.78 is 9.69. The van der Waals surface area contributed by atoms with Crippen molar-refractivity contribution in [3.05, 3.63) is 34.8 Å². The lowest BCUT2D eigenvalue weighted by atomic mass is 10.3. The Morgan fingerprint density at radius 3 is 2.86 bits per heavy atom. The van der Waals surface area contributed by atoms with E-state index in [1.54, 1.807) is 27.6 Å². The van der Waals surface area contributed by atoms with Crippen molar-refractivity contribution in [2.45, 2.75) is 19.9 Å². The number of carbonyl (C=O) groups excluding carboxylic acids is 1. The van der Waals surface area contributed by atoms with Crippen LogP contribution in [-0.2, 0) is 7.05 Å². The van der Waals surface area contributed by atoms with Gasteiger partial charge in [0.05, 0.1) is 11.7 Å². The van der Waals surface area contributed by atoms with Crippen LogP contribution in [0.3, 0.4) is 0 Å². The fraction of sp³-hybridized carbons (Fsp3) is 0.286. The second-order valence-electron chi connectivity index (χ2n) is 5.10. The van der Waals surface area contributed by atoms with Gasteiger partial charge in [-0.1, -0.05) is 0 Å². The topological polar surface area (TPSA) is 65.0 Å². The molecule has 1 N–H and O–H groups in total. The third-order valence-corrected chi connectivity index (χ3v) is 3.73. The molecule has 0 saturated heterocycles. The van der Waals surface area contributed by atoms with E-state index in [9.17, 15) is 4.79 Å². The molecule has 0 aliphatic rings. The number of halogens is 1. The molecule has 21 heavy (non-hydrogen) atoms. The smallest absolute Gasteiger partial charge is 0.273 e. The summed E-state index contributed by atoms with van der Waals surface area (Å²) in [6, 6.07) is 5.52. The van der Waals surface area contributed by atoms with E-state index in [0.29, 0.717) is 21.8 Å². The number of nitrogens with one attached hydrogen (secondary N) is 1. The fourth-order valence-electron chi connectivity index (χ4n) is 2.30. The number of amides is 1. The van der Waals surface area contributed by atoms with E-state index >= 15 is 0 Å². The second kappa shape index (κ2) is 5.07. The number of hydrogen-bond acceptors (Lipinski definition) is 3. The van der Waals surface area contributed by atoms with Crippen molar-refractivity contribution in [2.75, 3.05) is 5.32 Å². The first-order chi connectivity index (χ1) is 9.97. The average Bonchev–Trinajstić information content (AvgIpc) is 3.07. The Kier molecular flexibility index (Phi) is 3.36. The van der Waals surface area contributed by atoms with E-state index < -0.39 is 0 Å². The molecule has 0 unspecified atom stereocenters. The van der Waals surface area contributed by atoms with E-state index in [0.717, 1.165) is 5.52 Å². The van der Waals surface area contributed by atoms with Gasteiger partial charge < -0.3 is 14.3 Å². The Hall–Kier alpha value is -2.02. The van der Waals surface area contributed by atoms with Gasteiger partial charge in [-0.15, -0.1) is 0 Å². The minimum absolute atomic E-state index is 0.177. The van der Waals surface area contributed by atoms with Crippen molar-refractivity contribution in [1.29, 1.82) is 0 Å². The van der Waals surface area contributed by atoms with Crippen LogP contribution < -0.4 is 5.32 Å². The molecule has 110 valence electrons. The normalized spacial score (nSPS) is 11.5. The lowest BCUT2D eigenvalue weighted by Crippen LogP contribution is -2.19. The quantitative estimate of drug-likeness (QED) is 0.785. The summed E-state index contributed by atoms with van der Waals surface area (Å²) in [6.07, 6.45) is 1.67. The molecule has 0 spiro atoms. The predicted molar refractivity (Wildman–Crippen MR) is 83.5 cm³/mol. The van der Waals surface area contributed by atoms with Gasteiger partial charge in [0.25, 0.3) is 5.91 Å². The Morgan fingerprint density at radius 2 is 2.19 bits per heavy atom. The van der Waals surface area contributed by atoms with Crippen LogP contribution in [-0.4, -0.2) is 20.3 Å². The number of nitrogens with zero attached hydrogens (tertiary/aromatic N) is 3. The number of carbonyl (C=O) groups is 1. The average molecular weight is 351 g/mol. The fourth-order valence-corrected chi connectivity index (χ4v) is 2.70. The molecule has 0 atom stereocenters. The maximum absolute atomic E-state index is 12.4. The molecule has 0 bridgehead atoms. The summed E-state index contributed by atoms with van der Waals surface area (Å²) >= 11 is 3.28. The van der Waals surface area contributed by atoms with Gasteiger partial charge in [-0.05, 0) is 29.8 Å². The highest BCUT2D eigenvalue weighted by atomic mass is 79.9. The highest BCUT2D eigenvalue weighted by molar-refractivity contribution is 9.10. The second-order valence-corrected chi connectivity index (χ2v) is 5.88. The van der Waals surface area contributed by atoms with Gasteiger partial charge in [-0.3, -0.25) is 4.79 Å². The van der Waals surface area contributed by atoms with Crippen LogP contribution in [0.1, 0.15) is 30.4 Å². The lowest BCUT2D eigenvalue weighted by molar-refractivity contribution is 0.101. The van der Waals surface area contributed by atoms with Crippen molar-refractivity contribution in [2.24, 2.45) is 7.05 Å². The summed E-state index contributed by atoms with van der Waals surface area (Å²) in [5.74, 6) is 0.483. The van der Waals surface area contributed by atoms with Gasteiger partial charge in [0, 0.05) is 31.3 Å². The van der Waals surface area contributed by atoms with E-state index in [2.05, 4.69) is 26.3 Å². The molecule has 0 fully saturated rings. The predicted octanol–water partition coefficient (Wildman–Crippen LogP) is 3.56. The molecule has 7 heteroatoms. The van der Waals surface area contributed by atoms with Crippen molar-refractivity contribution >= 4 is 38.8 Å². The van der Waals surface area contributed by atoms with Crippen LogP contribution in [0.15, 0.2) is 33.5 Å². The van der Waals surface area contributed by atoms with Crippen LogP contribution in [0.25, 0.3) is 11.1 Å². The Morgan fingerprint density at radius 1 is 1.43 bits per heavy atom. The molecular weight excluding hydrogens is 336 g/mol. The molecule has 3 aromatic rings. The highest BCUT2D eigenvalue weighted by Crippen LogP contribution is 2.26. The SMILES string of the molecule is CC(C)n1nccc1NC(=O)c1cc2oc(Br)cc2n1C. The first kappa shape index (κ1) is 13.9. The van der Waals surface area contributed by atoms with Crippen molar-refractivity contribution in [3.63, 3.8) is 0 Å². The Balaban J connectivity index is 1.92. The highest BCUT2D eigenvalue weighted by Gasteiger charge is 2.18. The van der Waals surface area contributed by atoms with Crippen molar-refractivity contribution < 1.29 is 9.21 Å². The number of hydrogen-bond donors (Lipinski definition) is 1. The minimum Gasteiger partial charge on any atom is -0.448 e. The summed E-state index contributed by atoms with van der Waals surface area (Å²) in [6.45, 7) is 4.02. The number of anilines is 1. The van der Waals surface area contributed by atoms with Crippen LogP contribution in [0, 0.1) is 0 Å². The molecule has 0 radical (unpaired) electrons. The number of fused-ring (bicyclic) bond motifs is 1. The molecule has 0 saturated carbocycles. The third-order valence-electron chi connectivity index (χ3n) is 3.33. The Bertz CT molecular complexity index is 812. The van der Waals surface area contributed by atoms with Gasteiger partial charge in [-0.25, -0.2) is 4.68 Å². The number of furan rings is 1. The third kappa shape index (κ3) is 2.37. The molecule has 3 rings (SSSR count). The number of aromatic nitrogens is 3. The van der Waals surface area contributed by atoms with Crippen molar-refractivity contribution in [3.8, 4) is 0 Å². The first-order valence-electron chi connectivity index (χ1n) is 6.57. The van der Waals surface area contributed by atoms with Gasteiger partial charge in [0.2, 0.25) is 0 Å². The molecule has 6 nitrogen and oxygen atoms in total. The maximum Gasteiger partial charge on any atom is 0.273 e. The van der Waals surface area contributed by atoms with Crippen LogP contribution in [0.4, 0.5) is 5.82 Å². The van der Waals surface area contributed by atoms with Crippen molar-refractivity contribution in [1.82, 2.24) is 14.3 Å². The molecule has 0 aromatic carbocycles. The summed E-state index contributed by atoms with van der Waals surface area (Å²) in [7, 11) is 1.83. The number of rotatable bonds is 3.